The number of nitrogens with one attached hydrogen (secondary N) is 1. The Morgan fingerprint density at radius 1 is 0.878 bits per heavy atom. The van der Waals surface area contributed by atoms with E-state index in [0.29, 0.717) is 24.2 Å². The molecule has 2 amide bonds. The molecule has 0 spiro atoms. The normalized spacial score (nSPS) is 12.3. The molecular formula is C32H40FN3O4S. The van der Waals surface area contributed by atoms with Crippen molar-refractivity contribution >= 4 is 27.5 Å². The molecule has 9 heteroatoms. The molecule has 0 aliphatic rings. The fourth-order valence-corrected chi connectivity index (χ4v) is 5.84. The van der Waals surface area contributed by atoms with Crippen LogP contribution in [-0.2, 0) is 26.2 Å². The van der Waals surface area contributed by atoms with Crippen molar-refractivity contribution in [3.63, 3.8) is 0 Å². The number of nitrogens with zero attached hydrogens (tertiary/aromatic N) is 2. The van der Waals surface area contributed by atoms with Crippen LogP contribution in [0.4, 0.5) is 10.1 Å². The van der Waals surface area contributed by atoms with Crippen molar-refractivity contribution in [2.24, 2.45) is 5.92 Å². The highest BCUT2D eigenvalue weighted by molar-refractivity contribution is 7.92. The molecule has 3 aromatic rings. The van der Waals surface area contributed by atoms with Crippen LogP contribution in [0.15, 0.2) is 83.8 Å². The highest BCUT2D eigenvalue weighted by Gasteiger charge is 2.33. The first kappa shape index (κ1) is 31.8. The summed E-state index contributed by atoms with van der Waals surface area (Å²) < 4.78 is 42.5. The zero-order valence-electron chi connectivity index (χ0n) is 24.4. The standard InChI is InChI=1S/C32H40FN3O4S/c1-6-30(32(38)34-20-23(2)3)35(21-25-12-16-27(33)17-13-25)31(37)22-36(28-18-14-26(15-19-28)24(4)5)41(39,40)29-10-8-7-9-11-29/h7-19,23-24,30H,6,20-22H2,1-5H3,(H,34,38)/t30-/m0/s1. The van der Waals surface area contributed by atoms with E-state index in [1.54, 1.807) is 49.4 Å². The fraction of sp³-hybridized carbons (Fsp3) is 0.375. The number of benzene rings is 3. The van der Waals surface area contributed by atoms with Gasteiger partial charge in [-0.2, -0.15) is 0 Å². The Hall–Kier alpha value is -3.72. The summed E-state index contributed by atoms with van der Waals surface area (Å²) >= 11 is 0. The van der Waals surface area contributed by atoms with E-state index >= 15 is 0 Å². The minimum Gasteiger partial charge on any atom is -0.354 e. The molecule has 1 atom stereocenters. The van der Waals surface area contributed by atoms with Gasteiger partial charge in [0, 0.05) is 13.1 Å². The van der Waals surface area contributed by atoms with Gasteiger partial charge in [0.15, 0.2) is 0 Å². The number of carbonyl (C=O) groups is 2. The highest BCUT2D eigenvalue weighted by Crippen LogP contribution is 2.27. The number of amides is 2. The van der Waals surface area contributed by atoms with Gasteiger partial charge in [0.1, 0.15) is 18.4 Å². The zero-order chi connectivity index (χ0) is 30.2. The summed E-state index contributed by atoms with van der Waals surface area (Å²) in [6.45, 7) is 9.75. The molecule has 0 saturated carbocycles. The van der Waals surface area contributed by atoms with Crippen LogP contribution in [0.5, 0.6) is 0 Å². The molecular weight excluding hydrogens is 541 g/mol. The molecule has 3 rings (SSSR count). The average Bonchev–Trinajstić information content (AvgIpc) is 2.96. The van der Waals surface area contributed by atoms with Crippen molar-refractivity contribution in [2.75, 3.05) is 17.4 Å². The first-order chi connectivity index (χ1) is 19.4. The van der Waals surface area contributed by atoms with Crippen LogP contribution < -0.4 is 9.62 Å². The van der Waals surface area contributed by atoms with Crippen LogP contribution >= 0.6 is 0 Å². The minimum atomic E-state index is -4.13. The molecule has 0 bridgehead atoms. The molecule has 0 aliphatic heterocycles. The van der Waals surface area contributed by atoms with Gasteiger partial charge in [0.05, 0.1) is 10.6 Å². The molecule has 220 valence electrons. The molecule has 0 saturated heterocycles. The number of hydrogen-bond donors (Lipinski definition) is 1. The summed E-state index contributed by atoms with van der Waals surface area (Å²) in [5.41, 5.74) is 1.99. The molecule has 0 heterocycles. The summed E-state index contributed by atoms with van der Waals surface area (Å²) in [5, 5.41) is 2.90. The predicted octanol–water partition coefficient (Wildman–Crippen LogP) is 5.72. The first-order valence-electron chi connectivity index (χ1n) is 13.9. The molecule has 0 aromatic heterocycles. The Bertz CT molecular complexity index is 1390. The van der Waals surface area contributed by atoms with E-state index in [-0.39, 0.29) is 29.2 Å². The quantitative estimate of drug-likeness (QED) is 0.280. The monoisotopic (exact) mass is 581 g/mol. The van der Waals surface area contributed by atoms with Crippen LogP contribution in [0.2, 0.25) is 0 Å². The van der Waals surface area contributed by atoms with E-state index in [1.165, 1.54) is 29.2 Å². The summed E-state index contributed by atoms with van der Waals surface area (Å²) in [4.78, 5) is 28.7. The first-order valence-corrected chi connectivity index (χ1v) is 15.4. The number of hydrogen-bond acceptors (Lipinski definition) is 4. The third kappa shape index (κ3) is 8.39. The Kier molecular flexibility index (Phi) is 11.1. The summed E-state index contributed by atoms with van der Waals surface area (Å²) in [5.74, 6) is -0.842. The SMILES string of the molecule is CC[C@@H](C(=O)NCC(C)C)N(Cc1ccc(F)cc1)C(=O)CN(c1ccc(C(C)C)cc1)S(=O)(=O)c1ccccc1. The number of carbonyl (C=O) groups excluding carboxylic acids is 2. The Morgan fingerprint density at radius 3 is 2.02 bits per heavy atom. The summed E-state index contributed by atoms with van der Waals surface area (Å²) in [6.07, 6.45) is 0.311. The lowest BCUT2D eigenvalue weighted by Crippen LogP contribution is -2.52. The van der Waals surface area contributed by atoms with Gasteiger partial charge in [-0.3, -0.25) is 13.9 Å². The van der Waals surface area contributed by atoms with Crippen molar-refractivity contribution in [2.45, 2.75) is 64.4 Å². The molecule has 0 aliphatic carbocycles. The number of rotatable bonds is 13. The van der Waals surface area contributed by atoms with Gasteiger partial charge in [0.25, 0.3) is 10.0 Å². The van der Waals surface area contributed by atoms with Crippen LogP contribution in [0.25, 0.3) is 0 Å². The van der Waals surface area contributed by atoms with E-state index in [1.807, 2.05) is 39.8 Å². The smallest absolute Gasteiger partial charge is 0.264 e. The largest absolute Gasteiger partial charge is 0.354 e. The van der Waals surface area contributed by atoms with Crippen molar-refractivity contribution in [1.29, 1.82) is 0 Å². The van der Waals surface area contributed by atoms with E-state index in [9.17, 15) is 22.4 Å². The summed E-state index contributed by atoms with van der Waals surface area (Å²) in [6, 6.07) is 19.9. The van der Waals surface area contributed by atoms with Crippen LogP contribution in [0, 0.1) is 11.7 Å². The number of sulfonamides is 1. The second kappa shape index (κ2) is 14.3. The van der Waals surface area contributed by atoms with Crippen molar-refractivity contribution in [1.82, 2.24) is 10.2 Å². The van der Waals surface area contributed by atoms with Crippen LogP contribution in [-0.4, -0.2) is 44.3 Å². The van der Waals surface area contributed by atoms with E-state index in [2.05, 4.69) is 5.32 Å². The van der Waals surface area contributed by atoms with Gasteiger partial charge in [0.2, 0.25) is 11.8 Å². The van der Waals surface area contributed by atoms with Crippen LogP contribution in [0.1, 0.15) is 58.1 Å². The molecule has 7 nitrogen and oxygen atoms in total. The van der Waals surface area contributed by atoms with Crippen LogP contribution in [0.3, 0.4) is 0 Å². The molecule has 0 fully saturated rings. The second-order valence-electron chi connectivity index (χ2n) is 10.8. The molecule has 1 N–H and O–H groups in total. The maximum atomic E-state index is 14.1. The van der Waals surface area contributed by atoms with E-state index < -0.39 is 34.3 Å². The van der Waals surface area contributed by atoms with Crippen molar-refractivity contribution in [3.05, 3.63) is 95.8 Å². The molecule has 0 unspecified atom stereocenters. The third-order valence-corrected chi connectivity index (χ3v) is 8.58. The summed E-state index contributed by atoms with van der Waals surface area (Å²) in [7, 11) is -4.13. The third-order valence-electron chi connectivity index (χ3n) is 6.79. The maximum Gasteiger partial charge on any atom is 0.264 e. The van der Waals surface area contributed by atoms with Gasteiger partial charge in [-0.1, -0.05) is 77.1 Å². The number of halogens is 1. The van der Waals surface area contributed by atoms with Crippen molar-refractivity contribution in [3.8, 4) is 0 Å². The zero-order valence-corrected chi connectivity index (χ0v) is 25.2. The number of anilines is 1. The van der Waals surface area contributed by atoms with Gasteiger partial charge in [-0.25, -0.2) is 12.8 Å². The van der Waals surface area contributed by atoms with Gasteiger partial charge in [-0.15, -0.1) is 0 Å². The van der Waals surface area contributed by atoms with Crippen molar-refractivity contribution < 1.29 is 22.4 Å². The average molecular weight is 582 g/mol. The van der Waals surface area contributed by atoms with Gasteiger partial charge in [-0.05, 0) is 65.8 Å². The minimum absolute atomic E-state index is 0.0121. The lowest BCUT2D eigenvalue weighted by Gasteiger charge is -2.33. The lowest BCUT2D eigenvalue weighted by molar-refractivity contribution is -0.140. The van der Waals surface area contributed by atoms with E-state index in [4.69, 9.17) is 0 Å². The molecule has 41 heavy (non-hydrogen) atoms. The topological polar surface area (TPSA) is 86.8 Å². The fourth-order valence-electron chi connectivity index (χ4n) is 4.40. The lowest BCUT2D eigenvalue weighted by atomic mass is 10.0. The Labute approximate surface area is 243 Å². The van der Waals surface area contributed by atoms with E-state index in [0.717, 1.165) is 9.87 Å². The Morgan fingerprint density at radius 2 is 1.49 bits per heavy atom. The second-order valence-corrected chi connectivity index (χ2v) is 12.6. The Balaban J connectivity index is 2.04. The van der Waals surface area contributed by atoms with Gasteiger partial charge >= 0.3 is 0 Å². The highest BCUT2D eigenvalue weighted by atomic mass is 32.2. The maximum absolute atomic E-state index is 14.1. The predicted molar refractivity (Wildman–Crippen MR) is 160 cm³/mol. The molecule has 0 radical (unpaired) electrons. The molecule has 3 aromatic carbocycles. The van der Waals surface area contributed by atoms with Gasteiger partial charge < -0.3 is 10.2 Å².